The molecule has 0 aliphatic heterocycles. The molecule has 0 heterocycles. The van der Waals surface area contributed by atoms with Crippen LogP contribution < -0.4 is 15.4 Å². The Morgan fingerprint density at radius 2 is 1.81 bits per heavy atom. The smallest absolute Gasteiger partial charge is 0.258 e. The molecular weight excluding hydrogens is 264 g/mol. The van der Waals surface area contributed by atoms with Gasteiger partial charge in [0, 0.05) is 12.1 Å². The van der Waals surface area contributed by atoms with Crippen LogP contribution in [0.5, 0.6) is 5.75 Å². The third-order valence-electron chi connectivity index (χ3n) is 2.69. The molecule has 21 heavy (non-hydrogen) atoms. The minimum Gasteiger partial charge on any atom is -0.484 e. The van der Waals surface area contributed by atoms with Gasteiger partial charge < -0.3 is 15.4 Å². The molecule has 0 aromatic heterocycles. The standard InChI is InChI=1S/C17H28N2O2/c1-13(2)10-18-11-14-6-8-15(9-7-14)21-12-16(20)19-17(3,4)5/h6-9,13,18H,10-12H2,1-5H3,(H,19,20). The van der Waals surface area contributed by atoms with E-state index in [-0.39, 0.29) is 18.1 Å². The Morgan fingerprint density at radius 3 is 2.33 bits per heavy atom. The third-order valence-corrected chi connectivity index (χ3v) is 2.69. The van der Waals surface area contributed by atoms with Gasteiger partial charge in [-0.05, 0) is 50.9 Å². The summed E-state index contributed by atoms with van der Waals surface area (Å²) in [5, 5.41) is 6.26. The Kier molecular flexibility index (Phi) is 6.69. The summed E-state index contributed by atoms with van der Waals surface area (Å²) in [5.41, 5.74) is 0.981. The summed E-state index contributed by atoms with van der Waals surface area (Å²) in [6, 6.07) is 7.84. The summed E-state index contributed by atoms with van der Waals surface area (Å²) < 4.78 is 5.48. The van der Waals surface area contributed by atoms with Gasteiger partial charge in [0.2, 0.25) is 0 Å². The van der Waals surface area contributed by atoms with E-state index < -0.39 is 0 Å². The van der Waals surface area contributed by atoms with E-state index in [1.807, 2.05) is 45.0 Å². The van der Waals surface area contributed by atoms with Crippen molar-refractivity contribution >= 4 is 5.91 Å². The summed E-state index contributed by atoms with van der Waals surface area (Å²) >= 11 is 0. The highest BCUT2D eigenvalue weighted by molar-refractivity contribution is 5.78. The molecule has 4 heteroatoms. The minimum atomic E-state index is -0.230. The summed E-state index contributed by atoms with van der Waals surface area (Å²) in [4.78, 5) is 11.7. The highest BCUT2D eigenvalue weighted by Gasteiger charge is 2.13. The van der Waals surface area contributed by atoms with Crippen LogP contribution in [0.2, 0.25) is 0 Å². The molecule has 0 atom stereocenters. The maximum atomic E-state index is 11.7. The van der Waals surface area contributed by atoms with Gasteiger partial charge in [-0.25, -0.2) is 0 Å². The summed E-state index contributed by atoms with van der Waals surface area (Å²) in [5.74, 6) is 1.26. The van der Waals surface area contributed by atoms with Gasteiger partial charge >= 0.3 is 0 Å². The van der Waals surface area contributed by atoms with E-state index in [1.165, 1.54) is 5.56 Å². The van der Waals surface area contributed by atoms with Crippen molar-refractivity contribution in [3.63, 3.8) is 0 Å². The van der Waals surface area contributed by atoms with Gasteiger partial charge in [0.25, 0.3) is 5.91 Å². The number of ether oxygens (including phenoxy) is 1. The molecule has 0 fully saturated rings. The molecule has 0 unspecified atom stereocenters. The van der Waals surface area contributed by atoms with Crippen LogP contribution in [0, 0.1) is 5.92 Å². The van der Waals surface area contributed by atoms with Gasteiger partial charge in [-0.2, -0.15) is 0 Å². The van der Waals surface area contributed by atoms with Gasteiger partial charge in [0.05, 0.1) is 0 Å². The van der Waals surface area contributed by atoms with Gasteiger partial charge in [0.15, 0.2) is 6.61 Å². The first kappa shape index (κ1) is 17.5. The molecule has 0 bridgehead atoms. The van der Waals surface area contributed by atoms with Gasteiger partial charge in [-0.1, -0.05) is 26.0 Å². The maximum Gasteiger partial charge on any atom is 0.258 e. The summed E-state index contributed by atoms with van der Waals surface area (Å²) in [6.45, 7) is 12.1. The lowest BCUT2D eigenvalue weighted by Gasteiger charge is -2.20. The molecule has 1 aromatic rings. The van der Waals surface area contributed by atoms with Gasteiger partial charge in [-0.3, -0.25) is 4.79 Å². The van der Waals surface area contributed by atoms with E-state index in [4.69, 9.17) is 4.74 Å². The minimum absolute atomic E-state index is 0.0439. The van der Waals surface area contributed by atoms with Crippen molar-refractivity contribution in [3.8, 4) is 5.75 Å². The molecule has 0 aliphatic rings. The van der Waals surface area contributed by atoms with Crippen LogP contribution in [0.3, 0.4) is 0 Å². The summed E-state index contributed by atoms with van der Waals surface area (Å²) in [7, 11) is 0. The zero-order chi connectivity index (χ0) is 15.9. The first-order chi connectivity index (χ1) is 9.76. The Balaban J connectivity index is 2.35. The lowest BCUT2D eigenvalue weighted by molar-refractivity contribution is -0.124. The predicted octanol–water partition coefficient (Wildman–Crippen LogP) is 2.73. The number of benzene rings is 1. The quantitative estimate of drug-likeness (QED) is 0.812. The fourth-order valence-corrected chi connectivity index (χ4v) is 1.81. The normalized spacial score (nSPS) is 11.5. The molecule has 4 nitrogen and oxygen atoms in total. The average Bonchev–Trinajstić information content (AvgIpc) is 2.35. The van der Waals surface area contributed by atoms with E-state index >= 15 is 0 Å². The molecule has 0 saturated heterocycles. The Hall–Kier alpha value is -1.55. The highest BCUT2D eigenvalue weighted by Crippen LogP contribution is 2.12. The zero-order valence-corrected chi connectivity index (χ0v) is 13.8. The SMILES string of the molecule is CC(C)CNCc1ccc(OCC(=O)NC(C)(C)C)cc1. The molecular formula is C17H28N2O2. The van der Waals surface area contributed by atoms with Crippen LogP contribution >= 0.6 is 0 Å². The topological polar surface area (TPSA) is 50.4 Å². The van der Waals surface area contributed by atoms with Crippen LogP contribution in [-0.4, -0.2) is 24.6 Å². The lowest BCUT2D eigenvalue weighted by Crippen LogP contribution is -2.43. The molecule has 0 aliphatic carbocycles. The number of hydrogen-bond acceptors (Lipinski definition) is 3. The predicted molar refractivity (Wildman–Crippen MR) is 86.4 cm³/mol. The van der Waals surface area contributed by atoms with E-state index in [9.17, 15) is 4.79 Å². The van der Waals surface area contributed by atoms with Crippen LogP contribution in [0.4, 0.5) is 0 Å². The van der Waals surface area contributed by atoms with Crippen LogP contribution in [-0.2, 0) is 11.3 Å². The molecule has 1 amide bonds. The van der Waals surface area contributed by atoms with Crippen LogP contribution in [0.15, 0.2) is 24.3 Å². The monoisotopic (exact) mass is 292 g/mol. The van der Waals surface area contributed by atoms with Gasteiger partial charge in [0.1, 0.15) is 5.75 Å². The van der Waals surface area contributed by atoms with E-state index in [1.54, 1.807) is 0 Å². The second-order valence-electron chi connectivity index (χ2n) is 6.76. The second kappa shape index (κ2) is 8.03. The van der Waals surface area contributed by atoms with E-state index in [2.05, 4.69) is 24.5 Å². The van der Waals surface area contributed by atoms with E-state index in [0.29, 0.717) is 11.7 Å². The Labute approximate surface area is 128 Å². The van der Waals surface area contributed by atoms with Crippen molar-refractivity contribution in [2.75, 3.05) is 13.2 Å². The zero-order valence-electron chi connectivity index (χ0n) is 13.8. The lowest BCUT2D eigenvalue weighted by atomic mass is 10.1. The number of hydrogen-bond donors (Lipinski definition) is 2. The number of carbonyl (C=O) groups excluding carboxylic acids is 1. The molecule has 0 radical (unpaired) electrons. The maximum absolute atomic E-state index is 11.7. The van der Waals surface area contributed by atoms with Crippen molar-refractivity contribution in [1.82, 2.24) is 10.6 Å². The molecule has 1 rings (SSSR count). The Bertz CT molecular complexity index is 433. The number of nitrogens with one attached hydrogen (secondary N) is 2. The average molecular weight is 292 g/mol. The van der Waals surface area contributed by atoms with Gasteiger partial charge in [-0.15, -0.1) is 0 Å². The van der Waals surface area contributed by atoms with Crippen LogP contribution in [0.25, 0.3) is 0 Å². The van der Waals surface area contributed by atoms with Crippen molar-refractivity contribution in [2.45, 2.75) is 46.7 Å². The third kappa shape index (κ3) is 8.35. The first-order valence-electron chi connectivity index (χ1n) is 7.50. The van der Waals surface area contributed by atoms with Crippen molar-refractivity contribution in [3.05, 3.63) is 29.8 Å². The highest BCUT2D eigenvalue weighted by atomic mass is 16.5. The first-order valence-corrected chi connectivity index (χ1v) is 7.50. The second-order valence-corrected chi connectivity index (χ2v) is 6.76. The fourth-order valence-electron chi connectivity index (χ4n) is 1.81. The number of carbonyl (C=O) groups is 1. The van der Waals surface area contributed by atoms with Crippen molar-refractivity contribution < 1.29 is 9.53 Å². The Morgan fingerprint density at radius 1 is 1.19 bits per heavy atom. The van der Waals surface area contributed by atoms with Crippen molar-refractivity contribution in [2.24, 2.45) is 5.92 Å². The molecule has 1 aromatic carbocycles. The molecule has 0 spiro atoms. The van der Waals surface area contributed by atoms with E-state index in [0.717, 1.165) is 13.1 Å². The molecule has 2 N–H and O–H groups in total. The number of rotatable bonds is 7. The summed E-state index contributed by atoms with van der Waals surface area (Å²) in [6.07, 6.45) is 0. The van der Waals surface area contributed by atoms with Crippen LogP contribution in [0.1, 0.15) is 40.2 Å². The largest absolute Gasteiger partial charge is 0.484 e. The molecule has 0 saturated carbocycles. The molecule has 118 valence electrons. The number of amides is 1. The van der Waals surface area contributed by atoms with Crippen molar-refractivity contribution in [1.29, 1.82) is 0 Å². The fraction of sp³-hybridized carbons (Fsp3) is 0.588.